The van der Waals surface area contributed by atoms with Gasteiger partial charge < -0.3 is 33.7 Å². The molecule has 0 heterocycles. The van der Waals surface area contributed by atoms with Crippen LogP contribution in [0.1, 0.15) is 27.5 Å². The molecule has 0 fully saturated rings. The van der Waals surface area contributed by atoms with Crippen LogP contribution in [0.25, 0.3) is 6.08 Å². The van der Waals surface area contributed by atoms with E-state index < -0.39 is 23.9 Å². The number of halogens is 3. The van der Waals surface area contributed by atoms with E-state index in [-0.39, 0.29) is 51.2 Å². The number of rotatable bonds is 8. The van der Waals surface area contributed by atoms with Crippen molar-refractivity contribution in [2.24, 2.45) is 0 Å². The summed E-state index contributed by atoms with van der Waals surface area (Å²) in [5.74, 6) is -1.99. The van der Waals surface area contributed by atoms with Crippen molar-refractivity contribution in [3.8, 4) is 34.5 Å². The second kappa shape index (κ2) is 10.3. The van der Waals surface area contributed by atoms with Crippen molar-refractivity contribution in [2.75, 3.05) is 42.7 Å². The molecule has 0 aliphatic heterocycles. The third kappa shape index (κ3) is 4.58. The number of hydrogen-bond acceptors (Lipinski definition) is 8. The number of ketones is 1. The lowest BCUT2D eigenvalue weighted by Crippen LogP contribution is -2.39. The molecular formula is C24H24F3NO8. The largest absolute Gasteiger partial charge is 0.493 e. The number of carbonyl (C=O) groups excluding carboxylic acids is 2. The maximum Gasteiger partial charge on any atom is 0.471 e. The summed E-state index contributed by atoms with van der Waals surface area (Å²) < 4.78 is 71.4. The molecule has 1 atom stereocenters. The number of alkyl halides is 3. The molecule has 3 rings (SSSR count). The van der Waals surface area contributed by atoms with Crippen LogP contribution in [0.2, 0.25) is 0 Å². The highest BCUT2D eigenvalue weighted by atomic mass is 19.4. The Morgan fingerprint density at radius 3 is 1.75 bits per heavy atom. The number of methoxy groups -OCH3 is 6. The molecule has 12 heteroatoms. The maximum absolute atomic E-state index is 13.6. The van der Waals surface area contributed by atoms with Gasteiger partial charge in [-0.15, -0.1) is 0 Å². The number of carbonyl (C=O) groups is 2. The van der Waals surface area contributed by atoms with Crippen molar-refractivity contribution in [1.82, 2.24) is 5.32 Å². The minimum Gasteiger partial charge on any atom is -0.493 e. The van der Waals surface area contributed by atoms with E-state index in [0.717, 1.165) is 0 Å². The SMILES string of the molecule is COc1cc(/C=C2\C(=O)c3c(cc(OC)c(OC)c3OC)C2NC(=O)C(F)(F)F)cc(OC)c1OC. The van der Waals surface area contributed by atoms with Crippen LogP contribution in [0.3, 0.4) is 0 Å². The summed E-state index contributed by atoms with van der Waals surface area (Å²) in [6.07, 6.45) is -3.86. The monoisotopic (exact) mass is 511 g/mol. The zero-order valence-electron chi connectivity index (χ0n) is 20.3. The summed E-state index contributed by atoms with van der Waals surface area (Å²) >= 11 is 0. The molecule has 9 nitrogen and oxygen atoms in total. The van der Waals surface area contributed by atoms with Crippen molar-refractivity contribution in [1.29, 1.82) is 0 Å². The van der Waals surface area contributed by atoms with Crippen LogP contribution < -0.4 is 33.7 Å². The van der Waals surface area contributed by atoms with E-state index in [2.05, 4.69) is 0 Å². The quantitative estimate of drug-likeness (QED) is 0.535. The molecule has 1 aliphatic rings. The number of Topliss-reactive ketones (excluding diaryl/α,β-unsaturated/α-hetero) is 1. The Kier molecular flexibility index (Phi) is 7.56. The number of nitrogens with one attached hydrogen (secondary N) is 1. The van der Waals surface area contributed by atoms with Crippen molar-refractivity contribution in [2.45, 2.75) is 12.2 Å². The Hall–Kier alpha value is -4.09. The highest BCUT2D eigenvalue weighted by Crippen LogP contribution is 2.50. The zero-order valence-corrected chi connectivity index (χ0v) is 20.3. The minimum atomic E-state index is -5.19. The molecule has 0 spiro atoms. The third-order valence-corrected chi connectivity index (χ3v) is 5.51. The minimum absolute atomic E-state index is 0.0450. The summed E-state index contributed by atoms with van der Waals surface area (Å²) in [5, 5.41) is 1.90. The van der Waals surface area contributed by atoms with E-state index >= 15 is 0 Å². The third-order valence-electron chi connectivity index (χ3n) is 5.51. The van der Waals surface area contributed by atoms with Crippen molar-refractivity contribution >= 4 is 17.8 Å². The summed E-state index contributed by atoms with van der Waals surface area (Å²) in [4.78, 5) is 25.5. The molecule has 0 saturated carbocycles. The van der Waals surface area contributed by atoms with Gasteiger partial charge in [0.2, 0.25) is 11.5 Å². The second-order valence-electron chi connectivity index (χ2n) is 7.40. The van der Waals surface area contributed by atoms with Gasteiger partial charge in [0, 0.05) is 5.57 Å². The van der Waals surface area contributed by atoms with Crippen LogP contribution in [-0.2, 0) is 4.79 Å². The van der Waals surface area contributed by atoms with Crippen molar-refractivity contribution in [3.63, 3.8) is 0 Å². The molecule has 36 heavy (non-hydrogen) atoms. The van der Waals surface area contributed by atoms with E-state index in [0.29, 0.717) is 5.56 Å². The smallest absolute Gasteiger partial charge is 0.471 e. The first-order valence-electron chi connectivity index (χ1n) is 10.3. The molecule has 1 unspecified atom stereocenters. The number of amides is 1. The van der Waals surface area contributed by atoms with Crippen molar-refractivity contribution in [3.05, 3.63) is 40.5 Å². The molecule has 0 bridgehead atoms. The van der Waals surface area contributed by atoms with Gasteiger partial charge in [-0.05, 0) is 35.4 Å². The summed E-state index contributed by atoms with van der Waals surface area (Å²) in [5.41, 5.74) is 0.155. The van der Waals surface area contributed by atoms with Gasteiger partial charge in [-0.25, -0.2) is 0 Å². The van der Waals surface area contributed by atoms with Crippen LogP contribution in [0.5, 0.6) is 34.5 Å². The van der Waals surface area contributed by atoms with Crippen LogP contribution in [-0.4, -0.2) is 60.5 Å². The normalized spacial score (nSPS) is 15.9. The Labute approximate surface area is 204 Å². The first kappa shape index (κ1) is 26.5. The Balaban J connectivity index is 2.29. The Morgan fingerprint density at radius 2 is 1.31 bits per heavy atom. The lowest BCUT2D eigenvalue weighted by Gasteiger charge is -2.19. The van der Waals surface area contributed by atoms with Crippen LogP contribution in [0.4, 0.5) is 13.2 Å². The van der Waals surface area contributed by atoms with Crippen molar-refractivity contribution < 1.29 is 51.2 Å². The van der Waals surface area contributed by atoms with Crippen LogP contribution in [0.15, 0.2) is 23.8 Å². The maximum atomic E-state index is 13.6. The second-order valence-corrected chi connectivity index (χ2v) is 7.40. The number of fused-ring (bicyclic) bond motifs is 1. The van der Waals surface area contributed by atoms with E-state index in [9.17, 15) is 22.8 Å². The highest BCUT2D eigenvalue weighted by Gasteiger charge is 2.45. The lowest BCUT2D eigenvalue weighted by molar-refractivity contribution is -0.174. The molecule has 0 aromatic heterocycles. The van der Waals surface area contributed by atoms with E-state index in [4.69, 9.17) is 28.4 Å². The molecule has 0 radical (unpaired) electrons. The topological polar surface area (TPSA) is 102 Å². The molecule has 194 valence electrons. The van der Waals surface area contributed by atoms with Gasteiger partial charge in [0.1, 0.15) is 0 Å². The fraction of sp³-hybridized carbons (Fsp3) is 0.333. The fourth-order valence-electron chi connectivity index (χ4n) is 3.96. The van der Waals surface area contributed by atoms with Gasteiger partial charge in [0.25, 0.3) is 0 Å². The Morgan fingerprint density at radius 1 is 0.806 bits per heavy atom. The summed E-state index contributed by atoms with van der Waals surface area (Å²) in [6, 6.07) is 2.86. The standard InChI is InChI=1S/C24H24F3NO8/c1-31-14-8-11(9-15(32-2)20(14)34-4)7-13-18(28-23(30)24(25,26)27)12-10-16(33-3)21(35-5)22(36-6)17(12)19(13)29/h7-10,18H,1-6H3,(H,28,30)/b13-7-. The molecule has 0 saturated heterocycles. The van der Waals surface area contributed by atoms with Gasteiger partial charge in [-0.3, -0.25) is 9.59 Å². The molecule has 2 aromatic rings. The lowest BCUT2D eigenvalue weighted by atomic mass is 10.0. The highest BCUT2D eigenvalue weighted by molar-refractivity contribution is 6.19. The van der Waals surface area contributed by atoms with Gasteiger partial charge >= 0.3 is 12.1 Å². The molecule has 1 amide bonds. The van der Waals surface area contributed by atoms with E-state index in [1.165, 1.54) is 66.9 Å². The summed E-state index contributed by atoms with van der Waals surface area (Å²) in [6.45, 7) is 0. The molecule has 1 aliphatic carbocycles. The van der Waals surface area contributed by atoms with Crippen LogP contribution >= 0.6 is 0 Å². The summed E-state index contributed by atoms with van der Waals surface area (Å²) in [7, 11) is 8.10. The first-order valence-corrected chi connectivity index (χ1v) is 10.3. The predicted octanol–water partition coefficient (Wildman–Crippen LogP) is 3.74. The predicted molar refractivity (Wildman–Crippen MR) is 121 cm³/mol. The molecule has 2 aromatic carbocycles. The van der Waals surface area contributed by atoms with Gasteiger partial charge in [0.15, 0.2) is 28.8 Å². The van der Waals surface area contributed by atoms with Gasteiger partial charge in [-0.2, -0.15) is 13.2 Å². The van der Waals surface area contributed by atoms with E-state index in [1.54, 1.807) is 0 Å². The fourth-order valence-corrected chi connectivity index (χ4v) is 3.96. The first-order chi connectivity index (χ1) is 17.1. The van der Waals surface area contributed by atoms with Gasteiger partial charge in [-0.1, -0.05) is 0 Å². The number of benzene rings is 2. The average Bonchev–Trinajstić information content (AvgIpc) is 3.11. The zero-order chi connectivity index (χ0) is 26.8. The van der Waals surface area contributed by atoms with Crippen LogP contribution in [0, 0.1) is 0 Å². The Bertz CT molecular complexity index is 1200. The van der Waals surface area contributed by atoms with Gasteiger partial charge in [0.05, 0.1) is 54.3 Å². The molecular weight excluding hydrogens is 487 g/mol. The number of hydrogen-bond donors (Lipinski definition) is 1. The molecule has 1 N–H and O–H groups in total. The average molecular weight is 511 g/mol. The number of ether oxygens (including phenoxy) is 6. The van der Waals surface area contributed by atoms with E-state index in [1.807, 2.05) is 5.32 Å².